The quantitative estimate of drug-likeness (QED) is 0.737. The third kappa shape index (κ3) is 1.88. The summed E-state index contributed by atoms with van der Waals surface area (Å²) in [4.78, 5) is 7.39. The van der Waals surface area contributed by atoms with Gasteiger partial charge < -0.3 is 15.0 Å². The van der Waals surface area contributed by atoms with E-state index in [0.717, 1.165) is 28.2 Å². The molecular formula is C14H13N3O. The van der Waals surface area contributed by atoms with Gasteiger partial charge in [0, 0.05) is 23.5 Å². The summed E-state index contributed by atoms with van der Waals surface area (Å²) in [7, 11) is 1.66. The van der Waals surface area contributed by atoms with Gasteiger partial charge >= 0.3 is 0 Å². The van der Waals surface area contributed by atoms with Crippen molar-refractivity contribution in [3.8, 4) is 5.75 Å². The minimum atomic E-state index is 0.848. The van der Waals surface area contributed by atoms with Crippen molar-refractivity contribution in [3.05, 3.63) is 48.8 Å². The second-order valence-electron chi connectivity index (χ2n) is 3.96. The largest absolute Gasteiger partial charge is 0.497 e. The van der Waals surface area contributed by atoms with Crippen LogP contribution in [0.3, 0.4) is 0 Å². The van der Waals surface area contributed by atoms with Crippen molar-refractivity contribution in [2.45, 2.75) is 0 Å². The Bertz CT molecular complexity index is 658. The van der Waals surface area contributed by atoms with E-state index in [1.54, 1.807) is 13.3 Å². The lowest BCUT2D eigenvalue weighted by molar-refractivity contribution is 0.415. The fourth-order valence-corrected chi connectivity index (χ4v) is 1.89. The molecule has 0 aliphatic carbocycles. The zero-order valence-electron chi connectivity index (χ0n) is 9.97. The smallest absolute Gasteiger partial charge is 0.139 e. The Kier molecular flexibility index (Phi) is 2.61. The summed E-state index contributed by atoms with van der Waals surface area (Å²) in [5.74, 6) is 0.848. The van der Waals surface area contributed by atoms with Crippen LogP contribution in [0, 0.1) is 0 Å². The van der Waals surface area contributed by atoms with E-state index in [1.807, 2.05) is 42.6 Å². The van der Waals surface area contributed by atoms with Gasteiger partial charge in [-0.05, 0) is 36.4 Å². The lowest BCUT2D eigenvalue weighted by Crippen LogP contribution is -1.89. The van der Waals surface area contributed by atoms with Crippen LogP contribution in [0.4, 0.5) is 11.4 Å². The first kappa shape index (κ1) is 10.7. The van der Waals surface area contributed by atoms with E-state index in [9.17, 15) is 0 Å². The summed E-state index contributed by atoms with van der Waals surface area (Å²) in [5, 5.41) is 4.43. The minimum absolute atomic E-state index is 0.848. The Morgan fingerprint density at radius 3 is 2.78 bits per heavy atom. The second-order valence-corrected chi connectivity index (χ2v) is 3.96. The Labute approximate surface area is 105 Å². The van der Waals surface area contributed by atoms with E-state index in [4.69, 9.17) is 4.74 Å². The number of hydrogen-bond donors (Lipinski definition) is 2. The number of anilines is 2. The highest BCUT2D eigenvalue weighted by atomic mass is 16.5. The standard InChI is InChI=1S/C14H13N3O/c1-18-11-6-4-10(5-7-11)17-13-9-16-14-12(13)3-2-8-15-14/h2-9,17H,1H3,(H,15,16). The summed E-state index contributed by atoms with van der Waals surface area (Å²) in [6.07, 6.45) is 3.69. The molecule has 2 aromatic heterocycles. The van der Waals surface area contributed by atoms with Gasteiger partial charge in [-0.2, -0.15) is 0 Å². The summed E-state index contributed by atoms with van der Waals surface area (Å²) < 4.78 is 5.13. The third-order valence-corrected chi connectivity index (χ3v) is 2.82. The molecule has 3 aromatic rings. The SMILES string of the molecule is COc1ccc(Nc2c[nH]c3ncccc23)cc1. The van der Waals surface area contributed by atoms with Crippen molar-refractivity contribution in [1.82, 2.24) is 9.97 Å². The van der Waals surface area contributed by atoms with Crippen molar-refractivity contribution in [2.24, 2.45) is 0 Å². The van der Waals surface area contributed by atoms with Gasteiger partial charge in [0.15, 0.2) is 0 Å². The molecule has 0 spiro atoms. The van der Waals surface area contributed by atoms with E-state index >= 15 is 0 Å². The molecule has 4 heteroatoms. The predicted molar refractivity (Wildman–Crippen MR) is 72.4 cm³/mol. The number of hydrogen-bond acceptors (Lipinski definition) is 3. The van der Waals surface area contributed by atoms with Crippen LogP contribution in [-0.2, 0) is 0 Å². The lowest BCUT2D eigenvalue weighted by Gasteiger charge is -2.05. The van der Waals surface area contributed by atoms with E-state index in [0.29, 0.717) is 0 Å². The molecule has 0 aliphatic heterocycles. The zero-order chi connectivity index (χ0) is 12.4. The molecule has 0 fully saturated rings. The Balaban J connectivity index is 1.91. The first-order valence-corrected chi connectivity index (χ1v) is 5.70. The molecule has 0 amide bonds. The van der Waals surface area contributed by atoms with Gasteiger partial charge in [-0.15, -0.1) is 0 Å². The number of fused-ring (bicyclic) bond motifs is 1. The number of benzene rings is 1. The number of aromatic nitrogens is 2. The van der Waals surface area contributed by atoms with Gasteiger partial charge in [0.2, 0.25) is 0 Å². The van der Waals surface area contributed by atoms with Gasteiger partial charge in [0.25, 0.3) is 0 Å². The van der Waals surface area contributed by atoms with Crippen LogP contribution >= 0.6 is 0 Å². The number of nitrogens with one attached hydrogen (secondary N) is 2. The van der Waals surface area contributed by atoms with Gasteiger partial charge in [0.05, 0.1) is 12.8 Å². The minimum Gasteiger partial charge on any atom is -0.497 e. The van der Waals surface area contributed by atoms with Gasteiger partial charge in [0.1, 0.15) is 11.4 Å². The number of rotatable bonds is 3. The Morgan fingerprint density at radius 1 is 1.17 bits per heavy atom. The number of methoxy groups -OCH3 is 1. The van der Waals surface area contributed by atoms with Crippen LogP contribution in [0.5, 0.6) is 5.75 Å². The fraction of sp³-hybridized carbons (Fsp3) is 0.0714. The van der Waals surface area contributed by atoms with Crippen LogP contribution in [-0.4, -0.2) is 17.1 Å². The first-order chi connectivity index (χ1) is 8.86. The summed E-state index contributed by atoms with van der Waals surface area (Å²) in [5.41, 5.74) is 2.91. The third-order valence-electron chi connectivity index (χ3n) is 2.82. The molecule has 18 heavy (non-hydrogen) atoms. The maximum absolute atomic E-state index is 5.13. The molecule has 4 nitrogen and oxygen atoms in total. The molecule has 0 saturated heterocycles. The molecule has 90 valence electrons. The van der Waals surface area contributed by atoms with E-state index in [-0.39, 0.29) is 0 Å². The normalized spacial score (nSPS) is 10.5. The molecule has 2 N–H and O–H groups in total. The number of H-pyrrole nitrogens is 1. The van der Waals surface area contributed by atoms with Gasteiger partial charge in [-0.25, -0.2) is 4.98 Å². The molecule has 0 radical (unpaired) electrons. The topological polar surface area (TPSA) is 49.9 Å². The number of ether oxygens (including phenoxy) is 1. The van der Waals surface area contributed by atoms with E-state index in [2.05, 4.69) is 15.3 Å². The van der Waals surface area contributed by atoms with Crippen LogP contribution < -0.4 is 10.1 Å². The van der Waals surface area contributed by atoms with Gasteiger partial charge in [-0.1, -0.05) is 0 Å². The first-order valence-electron chi connectivity index (χ1n) is 5.70. The van der Waals surface area contributed by atoms with Crippen molar-refractivity contribution in [3.63, 3.8) is 0 Å². The van der Waals surface area contributed by atoms with E-state index in [1.165, 1.54) is 0 Å². The van der Waals surface area contributed by atoms with Crippen molar-refractivity contribution in [2.75, 3.05) is 12.4 Å². The Hall–Kier alpha value is -2.49. The van der Waals surface area contributed by atoms with Crippen LogP contribution in [0.15, 0.2) is 48.8 Å². The van der Waals surface area contributed by atoms with Crippen molar-refractivity contribution >= 4 is 22.4 Å². The average Bonchev–Trinajstić information content (AvgIpc) is 2.83. The summed E-state index contributed by atoms with van der Waals surface area (Å²) in [6, 6.07) is 11.8. The van der Waals surface area contributed by atoms with Crippen LogP contribution in [0.2, 0.25) is 0 Å². The number of nitrogens with zero attached hydrogens (tertiary/aromatic N) is 1. The molecule has 0 atom stereocenters. The molecule has 1 aromatic carbocycles. The fourth-order valence-electron chi connectivity index (χ4n) is 1.89. The molecule has 0 unspecified atom stereocenters. The van der Waals surface area contributed by atoms with Gasteiger partial charge in [-0.3, -0.25) is 0 Å². The van der Waals surface area contributed by atoms with Crippen LogP contribution in [0.1, 0.15) is 0 Å². The molecule has 0 saturated carbocycles. The highest BCUT2D eigenvalue weighted by Crippen LogP contribution is 2.25. The van der Waals surface area contributed by atoms with Crippen LogP contribution in [0.25, 0.3) is 11.0 Å². The van der Waals surface area contributed by atoms with Crippen molar-refractivity contribution < 1.29 is 4.74 Å². The predicted octanol–water partition coefficient (Wildman–Crippen LogP) is 3.32. The maximum atomic E-state index is 5.13. The molecule has 3 rings (SSSR count). The zero-order valence-corrected chi connectivity index (χ0v) is 9.97. The average molecular weight is 239 g/mol. The van der Waals surface area contributed by atoms with E-state index < -0.39 is 0 Å². The summed E-state index contributed by atoms with van der Waals surface area (Å²) in [6.45, 7) is 0. The molecule has 0 bridgehead atoms. The highest BCUT2D eigenvalue weighted by Gasteiger charge is 2.03. The molecular weight excluding hydrogens is 226 g/mol. The molecule has 2 heterocycles. The number of pyridine rings is 1. The lowest BCUT2D eigenvalue weighted by atomic mass is 10.2. The Morgan fingerprint density at radius 2 is 2.00 bits per heavy atom. The summed E-state index contributed by atoms with van der Waals surface area (Å²) >= 11 is 0. The maximum Gasteiger partial charge on any atom is 0.139 e. The number of aromatic amines is 1. The van der Waals surface area contributed by atoms with Crippen molar-refractivity contribution in [1.29, 1.82) is 0 Å². The monoisotopic (exact) mass is 239 g/mol. The highest BCUT2D eigenvalue weighted by molar-refractivity contribution is 5.91. The molecule has 0 aliphatic rings. The second kappa shape index (κ2) is 4.41.